The van der Waals surface area contributed by atoms with Gasteiger partial charge in [0.05, 0.1) is 5.92 Å². The number of carbonyl (C=O) groups is 1. The summed E-state index contributed by atoms with van der Waals surface area (Å²) in [5, 5.41) is 7.30. The third kappa shape index (κ3) is 4.34. The lowest BCUT2D eigenvalue weighted by atomic mass is 9.95. The maximum Gasteiger partial charge on any atom is 0.230 e. The van der Waals surface area contributed by atoms with E-state index in [9.17, 15) is 4.79 Å². The molecule has 7 nitrogen and oxygen atoms in total. The minimum atomic E-state index is 0. The van der Waals surface area contributed by atoms with Crippen LogP contribution in [0.1, 0.15) is 31.1 Å². The fourth-order valence-electron chi connectivity index (χ4n) is 3.47. The number of likely N-dealkylation sites (tertiary alicyclic amines) is 1. The van der Waals surface area contributed by atoms with Crippen molar-refractivity contribution < 1.29 is 9.32 Å². The van der Waals surface area contributed by atoms with Crippen LogP contribution in [-0.2, 0) is 4.79 Å². The fraction of sp³-hybridized carbons (Fsp3) is 0.529. The summed E-state index contributed by atoms with van der Waals surface area (Å²) in [4.78, 5) is 23.2. The van der Waals surface area contributed by atoms with Gasteiger partial charge in [-0.1, -0.05) is 11.2 Å². The predicted molar refractivity (Wildman–Crippen MR) is 102 cm³/mol. The van der Waals surface area contributed by atoms with Gasteiger partial charge in [0.1, 0.15) is 5.69 Å². The molecule has 1 amide bonds. The van der Waals surface area contributed by atoms with Gasteiger partial charge < -0.3 is 14.7 Å². The van der Waals surface area contributed by atoms with Gasteiger partial charge in [0.2, 0.25) is 17.6 Å². The highest BCUT2D eigenvalue weighted by Crippen LogP contribution is 2.29. The van der Waals surface area contributed by atoms with E-state index in [0.717, 1.165) is 45.4 Å². The predicted octanol–water partition coefficient (Wildman–Crippen LogP) is 2.29. The second-order valence-electron chi connectivity index (χ2n) is 6.46. The van der Waals surface area contributed by atoms with Crippen LogP contribution in [0, 0.1) is 5.92 Å². The van der Waals surface area contributed by atoms with Gasteiger partial charge in [-0.2, -0.15) is 4.98 Å². The van der Waals surface area contributed by atoms with Gasteiger partial charge in [0.15, 0.2) is 0 Å². The molecule has 2 fully saturated rings. The molecule has 2 aliphatic heterocycles. The van der Waals surface area contributed by atoms with E-state index < -0.39 is 0 Å². The number of halogens is 2. The van der Waals surface area contributed by atoms with Gasteiger partial charge >= 0.3 is 0 Å². The van der Waals surface area contributed by atoms with Crippen molar-refractivity contribution in [2.24, 2.45) is 5.92 Å². The Morgan fingerprint density at radius 3 is 2.65 bits per heavy atom. The first-order chi connectivity index (χ1) is 11.8. The molecule has 0 aromatic carbocycles. The number of rotatable bonds is 3. The second-order valence-corrected chi connectivity index (χ2v) is 6.46. The normalized spacial score (nSPS) is 20.3. The summed E-state index contributed by atoms with van der Waals surface area (Å²) >= 11 is 0. The van der Waals surface area contributed by atoms with Crippen molar-refractivity contribution in [2.45, 2.75) is 25.2 Å². The zero-order valence-electron chi connectivity index (χ0n) is 14.3. The Morgan fingerprint density at radius 2 is 2.00 bits per heavy atom. The molecule has 26 heavy (non-hydrogen) atoms. The molecule has 0 saturated carbocycles. The van der Waals surface area contributed by atoms with E-state index >= 15 is 0 Å². The van der Waals surface area contributed by atoms with Gasteiger partial charge in [-0.25, -0.2) is 0 Å². The van der Waals surface area contributed by atoms with E-state index in [2.05, 4.69) is 20.4 Å². The van der Waals surface area contributed by atoms with Crippen molar-refractivity contribution in [2.75, 3.05) is 26.2 Å². The number of piperidine rings is 1. The van der Waals surface area contributed by atoms with Gasteiger partial charge in [-0.05, 0) is 37.9 Å². The summed E-state index contributed by atoms with van der Waals surface area (Å²) in [7, 11) is 0. The first-order valence-corrected chi connectivity index (χ1v) is 8.56. The molecular weight excluding hydrogens is 377 g/mol. The molecular formula is C17H23Cl2N5O2. The van der Waals surface area contributed by atoms with Crippen molar-refractivity contribution in [3.63, 3.8) is 0 Å². The van der Waals surface area contributed by atoms with Crippen molar-refractivity contribution >= 4 is 30.7 Å². The summed E-state index contributed by atoms with van der Waals surface area (Å²) in [6, 6.07) is 5.63. The van der Waals surface area contributed by atoms with Crippen LogP contribution >= 0.6 is 24.8 Å². The Balaban J connectivity index is 0.00000121. The summed E-state index contributed by atoms with van der Waals surface area (Å²) in [5.41, 5.74) is 0.717. The number of nitrogens with zero attached hydrogens (tertiary/aromatic N) is 4. The highest BCUT2D eigenvalue weighted by Gasteiger charge is 2.32. The topological polar surface area (TPSA) is 84.2 Å². The zero-order chi connectivity index (χ0) is 16.4. The fourth-order valence-corrected chi connectivity index (χ4v) is 3.47. The first kappa shape index (κ1) is 20.6. The third-order valence-corrected chi connectivity index (χ3v) is 4.90. The monoisotopic (exact) mass is 399 g/mol. The maximum atomic E-state index is 12.5. The number of aromatic nitrogens is 3. The molecule has 1 atom stereocenters. The highest BCUT2D eigenvalue weighted by molar-refractivity contribution is 5.85. The highest BCUT2D eigenvalue weighted by atomic mass is 35.5. The molecule has 2 saturated heterocycles. The average Bonchev–Trinajstić information content (AvgIpc) is 3.34. The van der Waals surface area contributed by atoms with Crippen LogP contribution in [-0.4, -0.2) is 52.1 Å². The number of carbonyl (C=O) groups excluding carboxylic acids is 1. The van der Waals surface area contributed by atoms with Crippen LogP contribution in [0.25, 0.3) is 11.5 Å². The van der Waals surface area contributed by atoms with E-state index in [4.69, 9.17) is 4.52 Å². The molecule has 2 aromatic rings. The van der Waals surface area contributed by atoms with Crippen LogP contribution in [0.4, 0.5) is 0 Å². The standard InChI is InChI=1S/C17H21N5O2.2ClH/c23-17(13-4-8-18-11-13)22-9-5-12(6-10-22)16-20-15(21-24-16)14-3-1-2-7-19-14;;/h1-3,7,12-13,18H,4-6,8-11H2;2*1H. The van der Waals surface area contributed by atoms with Gasteiger partial charge in [-0.3, -0.25) is 9.78 Å². The minimum absolute atomic E-state index is 0. The van der Waals surface area contributed by atoms with E-state index in [-0.39, 0.29) is 42.6 Å². The summed E-state index contributed by atoms with van der Waals surface area (Å²) in [6.45, 7) is 3.30. The zero-order valence-corrected chi connectivity index (χ0v) is 16.0. The molecule has 0 spiro atoms. The summed E-state index contributed by atoms with van der Waals surface area (Å²) in [5.74, 6) is 1.85. The Hall–Kier alpha value is -1.70. The molecule has 9 heteroatoms. The van der Waals surface area contributed by atoms with E-state index in [1.165, 1.54) is 0 Å². The Morgan fingerprint density at radius 1 is 1.19 bits per heavy atom. The lowest BCUT2D eigenvalue weighted by molar-refractivity contribution is -0.136. The quantitative estimate of drug-likeness (QED) is 0.851. The molecule has 4 rings (SSSR count). The van der Waals surface area contributed by atoms with Crippen LogP contribution < -0.4 is 5.32 Å². The molecule has 2 aromatic heterocycles. The lowest BCUT2D eigenvalue weighted by Crippen LogP contribution is -2.42. The van der Waals surface area contributed by atoms with E-state index in [1.807, 2.05) is 23.1 Å². The number of hydrogen-bond donors (Lipinski definition) is 1. The van der Waals surface area contributed by atoms with Crippen LogP contribution in [0.3, 0.4) is 0 Å². The third-order valence-electron chi connectivity index (χ3n) is 4.90. The number of hydrogen-bond acceptors (Lipinski definition) is 6. The van der Waals surface area contributed by atoms with Gasteiger partial charge in [0, 0.05) is 31.7 Å². The second kappa shape index (κ2) is 9.30. The molecule has 142 valence electrons. The van der Waals surface area contributed by atoms with Crippen molar-refractivity contribution in [3.8, 4) is 11.5 Å². The van der Waals surface area contributed by atoms with Crippen molar-refractivity contribution in [3.05, 3.63) is 30.3 Å². The SMILES string of the molecule is Cl.Cl.O=C(C1CCNC1)N1CCC(c2nc(-c3ccccn3)no2)CC1. The smallest absolute Gasteiger partial charge is 0.230 e. The molecule has 1 unspecified atom stereocenters. The number of amides is 1. The number of nitrogens with one attached hydrogen (secondary N) is 1. The molecule has 0 radical (unpaired) electrons. The Bertz CT molecular complexity index is 698. The van der Waals surface area contributed by atoms with Gasteiger partial charge in [-0.15, -0.1) is 24.8 Å². The largest absolute Gasteiger partial charge is 0.342 e. The van der Waals surface area contributed by atoms with Crippen molar-refractivity contribution in [1.29, 1.82) is 0 Å². The minimum Gasteiger partial charge on any atom is -0.342 e. The van der Waals surface area contributed by atoms with Crippen molar-refractivity contribution in [1.82, 2.24) is 25.3 Å². The molecule has 4 heterocycles. The van der Waals surface area contributed by atoms with Gasteiger partial charge in [0.25, 0.3) is 0 Å². The molecule has 2 aliphatic rings. The molecule has 0 bridgehead atoms. The molecule has 1 N–H and O–H groups in total. The number of pyridine rings is 1. The van der Waals surface area contributed by atoms with Crippen LogP contribution in [0.5, 0.6) is 0 Å². The van der Waals surface area contributed by atoms with Crippen LogP contribution in [0.15, 0.2) is 28.9 Å². The maximum absolute atomic E-state index is 12.5. The summed E-state index contributed by atoms with van der Waals surface area (Å²) < 4.78 is 5.44. The average molecular weight is 400 g/mol. The Kier molecular flexibility index (Phi) is 7.37. The van der Waals surface area contributed by atoms with E-state index in [1.54, 1.807) is 6.20 Å². The lowest BCUT2D eigenvalue weighted by Gasteiger charge is -2.32. The van der Waals surface area contributed by atoms with E-state index in [0.29, 0.717) is 17.4 Å². The van der Waals surface area contributed by atoms with Crippen LogP contribution in [0.2, 0.25) is 0 Å². The summed E-state index contributed by atoms with van der Waals surface area (Å²) in [6.07, 6.45) is 4.41. The first-order valence-electron chi connectivity index (χ1n) is 8.56. The molecule has 0 aliphatic carbocycles. The Labute approximate surface area is 164 Å².